The lowest BCUT2D eigenvalue weighted by atomic mass is 10.7. The molecule has 0 unspecified atom stereocenters. The summed E-state index contributed by atoms with van der Waals surface area (Å²) in [5.41, 5.74) is 0. The first-order valence-electron chi connectivity index (χ1n) is 2.69. The second-order valence-corrected chi connectivity index (χ2v) is 1.69. The molecule has 0 spiro atoms. The van der Waals surface area contributed by atoms with Crippen LogP contribution < -0.4 is 0 Å². The van der Waals surface area contributed by atoms with Crippen LogP contribution in [0, 0.1) is 0 Å². The number of nitrogens with zero attached hydrogens (tertiary/aromatic N) is 1. The highest BCUT2D eigenvalue weighted by Crippen LogP contribution is 1.64. The predicted molar refractivity (Wildman–Crippen MR) is 41.7 cm³/mol. The summed E-state index contributed by atoms with van der Waals surface area (Å²) in [5.74, 6) is -0.981. The molecule has 0 aromatic carbocycles. The van der Waals surface area contributed by atoms with Crippen molar-refractivity contribution in [3.05, 3.63) is 25.4 Å². The Bertz CT molecular complexity index is 119. The Balaban J connectivity index is 0. The van der Waals surface area contributed by atoms with E-state index in [1.807, 2.05) is 19.0 Å². The van der Waals surface area contributed by atoms with Gasteiger partial charge in [0.1, 0.15) is 0 Å². The molecule has 0 aromatic rings. The maximum absolute atomic E-state index is 9.25. The molecule has 1 N–H and O–H groups in total. The Labute approximate surface area is 61.3 Å². The first-order chi connectivity index (χ1) is 4.54. The van der Waals surface area contributed by atoms with Gasteiger partial charge in [-0.2, -0.15) is 0 Å². The quantitative estimate of drug-likeness (QED) is 0.585. The number of carboxylic acids is 1. The monoisotopic (exact) mass is 143 g/mol. The normalized spacial score (nSPS) is 6.60. The summed E-state index contributed by atoms with van der Waals surface area (Å²) in [6, 6.07) is 0. The zero-order chi connectivity index (χ0) is 8.57. The Morgan fingerprint density at radius 1 is 1.50 bits per heavy atom. The lowest BCUT2D eigenvalue weighted by Gasteiger charge is -1.98. The average Bonchev–Trinajstić information content (AvgIpc) is 1.89. The second kappa shape index (κ2) is 7.75. The molecular weight excluding hydrogens is 130 g/mol. The number of aliphatic carboxylic acids is 1. The van der Waals surface area contributed by atoms with E-state index in [0.29, 0.717) is 0 Å². The summed E-state index contributed by atoms with van der Waals surface area (Å²) in [4.78, 5) is 11.1. The number of hydrogen-bond acceptors (Lipinski definition) is 2. The number of carbonyl (C=O) groups is 1. The van der Waals surface area contributed by atoms with Gasteiger partial charge in [0.2, 0.25) is 0 Å². The van der Waals surface area contributed by atoms with E-state index in [9.17, 15) is 4.79 Å². The van der Waals surface area contributed by atoms with Gasteiger partial charge in [0.05, 0.1) is 0 Å². The minimum absolute atomic E-state index is 0.833. The molecule has 58 valence electrons. The van der Waals surface area contributed by atoms with Crippen molar-refractivity contribution >= 4 is 5.97 Å². The fraction of sp³-hybridized carbons (Fsp3) is 0.286. The molecule has 0 aliphatic heterocycles. The molecule has 0 radical (unpaired) electrons. The average molecular weight is 143 g/mol. The first kappa shape index (κ1) is 11.5. The summed E-state index contributed by atoms with van der Waals surface area (Å²) in [6.45, 7) is 6.45. The van der Waals surface area contributed by atoms with Gasteiger partial charge in [0.15, 0.2) is 0 Å². The summed E-state index contributed by atoms with van der Waals surface area (Å²) < 4.78 is 0. The maximum Gasteiger partial charge on any atom is 0.327 e. The highest BCUT2D eigenvalue weighted by atomic mass is 16.4. The molecule has 0 aliphatic carbocycles. The molecule has 3 heteroatoms. The third-order valence-electron chi connectivity index (χ3n) is 0.540. The fourth-order valence-electron chi connectivity index (χ4n) is 0. The van der Waals surface area contributed by atoms with Crippen molar-refractivity contribution in [2.75, 3.05) is 14.1 Å². The van der Waals surface area contributed by atoms with Crippen LogP contribution in [0.2, 0.25) is 0 Å². The number of carboxylic acid groups (broad SMARTS) is 1. The number of hydrogen-bond donors (Lipinski definition) is 1. The van der Waals surface area contributed by atoms with Gasteiger partial charge in [-0.05, 0) is 6.20 Å². The zero-order valence-corrected chi connectivity index (χ0v) is 6.37. The summed E-state index contributed by atoms with van der Waals surface area (Å²) in [6.07, 6.45) is 2.58. The Morgan fingerprint density at radius 2 is 1.70 bits per heavy atom. The van der Waals surface area contributed by atoms with Crippen LogP contribution in [0.4, 0.5) is 0 Å². The van der Waals surface area contributed by atoms with E-state index in [0.717, 1.165) is 6.08 Å². The molecule has 0 fully saturated rings. The summed E-state index contributed by atoms with van der Waals surface area (Å²) in [5, 5.41) is 7.60. The van der Waals surface area contributed by atoms with Crippen molar-refractivity contribution < 1.29 is 9.90 Å². The smallest absolute Gasteiger partial charge is 0.327 e. The first-order valence-corrected chi connectivity index (χ1v) is 2.69. The van der Waals surface area contributed by atoms with Gasteiger partial charge in [0, 0.05) is 20.2 Å². The van der Waals surface area contributed by atoms with Gasteiger partial charge >= 0.3 is 5.97 Å². The lowest BCUT2D eigenvalue weighted by molar-refractivity contribution is -0.131. The Kier molecular flexibility index (Phi) is 8.94. The van der Waals surface area contributed by atoms with Gasteiger partial charge in [0.25, 0.3) is 0 Å². The van der Waals surface area contributed by atoms with Crippen LogP contribution >= 0.6 is 0 Å². The van der Waals surface area contributed by atoms with Gasteiger partial charge in [-0.1, -0.05) is 13.2 Å². The highest BCUT2D eigenvalue weighted by Gasteiger charge is 1.73. The fourth-order valence-corrected chi connectivity index (χ4v) is 0. The van der Waals surface area contributed by atoms with E-state index in [1.165, 1.54) is 0 Å². The molecule has 0 aliphatic rings. The van der Waals surface area contributed by atoms with Crippen LogP contribution in [-0.4, -0.2) is 30.1 Å². The van der Waals surface area contributed by atoms with Crippen molar-refractivity contribution in [3.63, 3.8) is 0 Å². The third-order valence-corrected chi connectivity index (χ3v) is 0.540. The minimum atomic E-state index is -0.981. The Hall–Kier alpha value is -1.25. The zero-order valence-electron chi connectivity index (χ0n) is 6.37. The van der Waals surface area contributed by atoms with Crippen molar-refractivity contribution in [1.82, 2.24) is 4.90 Å². The van der Waals surface area contributed by atoms with E-state index in [-0.39, 0.29) is 0 Å². The predicted octanol–water partition coefficient (Wildman–Crippen LogP) is 0.948. The molecule has 0 atom stereocenters. The van der Waals surface area contributed by atoms with Crippen LogP contribution in [0.1, 0.15) is 0 Å². The van der Waals surface area contributed by atoms with Crippen LogP contribution in [-0.2, 0) is 4.79 Å². The molecule has 0 bridgehead atoms. The molecule has 0 heterocycles. The largest absolute Gasteiger partial charge is 0.478 e. The molecule has 0 saturated carbocycles. The molecular formula is C7H13NO2. The lowest BCUT2D eigenvalue weighted by Crippen LogP contribution is -1.97. The third kappa shape index (κ3) is 29.5. The number of rotatable bonds is 2. The van der Waals surface area contributed by atoms with Gasteiger partial charge in [-0.3, -0.25) is 0 Å². The van der Waals surface area contributed by atoms with Crippen molar-refractivity contribution in [3.8, 4) is 0 Å². The van der Waals surface area contributed by atoms with Crippen molar-refractivity contribution in [2.45, 2.75) is 0 Å². The standard InChI is InChI=1S/C4H9N.C3H4O2/c1-4-5(2)3;1-2-3(4)5/h4H,1H2,2-3H3;2H,1H2,(H,4,5). The van der Waals surface area contributed by atoms with Crippen LogP contribution in [0.25, 0.3) is 0 Å². The topological polar surface area (TPSA) is 40.5 Å². The molecule has 3 nitrogen and oxygen atoms in total. The van der Waals surface area contributed by atoms with Crippen LogP contribution in [0.15, 0.2) is 25.4 Å². The second-order valence-electron chi connectivity index (χ2n) is 1.69. The van der Waals surface area contributed by atoms with Gasteiger partial charge < -0.3 is 10.0 Å². The van der Waals surface area contributed by atoms with Gasteiger partial charge in [-0.15, -0.1) is 0 Å². The maximum atomic E-state index is 9.25. The summed E-state index contributed by atoms with van der Waals surface area (Å²) in [7, 11) is 3.88. The highest BCUT2D eigenvalue weighted by molar-refractivity contribution is 5.78. The molecule has 0 aromatic heterocycles. The van der Waals surface area contributed by atoms with Crippen molar-refractivity contribution in [1.29, 1.82) is 0 Å². The van der Waals surface area contributed by atoms with E-state index >= 15 is 0 Å². The van der Waals surface area contributed by atoms with E-state index in [2.05, 4.69) is 13.2 Å². The Morgan fingerprint density at radius 3 is 1.70 bits per heavy atom. The van der Waals surface area contributed by atoms with Crippen molar-refractivity contribution in [2.24, 2.45) is 0 Å². The molecule has 0 saturated heterocycles. The summed E-state index contributed by atoms with van der Waals surface area (Å²) >= 11 is 0. The molecule has 10 heavy (non-hydrogen) atoms. The SMILES string of the molecule is C=CC(=O)O.C=CN(C)C. The van der Waals surface area contributed by atoms with E-state index in [1.54, 1.807) is 6.20 Å². The van der Waals surface area contributed by atoms with Crippen LogP contribution in [0.5, 0.6) is 0 Å². The van der Waals surface area contributed by atoms with E-state index < -0.39 is 5.97 Å². The molecule has 0 amide bonds. The van der Waals surface area contributed by atoms with Gasteiger partial charge in [-0.25, -0.2) is 4.79 Å². The minimum Gasteiger partial charge on any atom is -0.478 e. The van der Waals surface area contributed by atoms with Crippen LogP contribution in [0.3, 0.4) is 0 Å². The van der Waals surface area contributed by atoms with E-state index in [4.69, 9.17) is 5.11 Å². The molecule has 0 rings (SSSR count).